The lowest BCUT2D eigenvalue weighted by molar-refractivity contribution is -0.114. The zero-order chi connectivity index (χ0) is 13.8. The molecule has 0 spiro atoms. The van der Waals surface area contributed by atoms with Gasteiger partial charge in [-0.3, -0.25) is 4.79 Å². The molecule has 0 fully saturated rings. The van der Waals surface area contributed by atoms with Crippen molar-refractivity contribution in [1.82, 2.24) is 10.7 Å². The lowest BCUT2D eigenvalue weighted by Gasteiger charge is -2.21. The molecule has 19 heavy (non-hydrogen) atoms. The normalized spacial score (nSPS) is 18.1. The number of urea groups is 1. The number of carbonyl (C=O) groups excluding carboxylic acids is 2. The third-order valence-corrected chi connectivity index (χ3v) is 2.69. The van der Waals surface area contributed by atoms with Crippen molar-refractivity contribution in [3.8, 4) is 0 Å². The molecule has 0 saturated heterocycles. The molecule has 1 aromatic rings. The Labute approximate surface area is 110 Å². The van der Waals surface area contributed by atoms with E-state index in [-0.39, 0.29) is 24.5 Å². The van der Waals surface area contributed by atoms with Crippen LogP contribution in [0.2, 0.25) is 0 Å². The summed E-state index contributed by atoms with van der Waals surface area (Å²) in [6, 6.07) is 6.67. The minimum Gasteiger partial charge on any atom is -0.328 e. The number of rotatable bonds is 3. The maximum absolute atomic E-state index is 11.1. The minimum absolute atomic E-state index is 0.0541. The zero-order valence-corrected chi connectivity index (χ0v) is 10.4. The predicted octanol–water partition coefficient (Wildman–Crippen LogP) is -0.0108. The van der Waals surface area contributed by atoms with Gasteiger partial charge in [-0.15, -0.1) is 0 Å². The van der Waals surface area contributed by atoms with Crippen LogP contribution in [0.15, 0.2) is 29.4 Å². The Morgan fingerprint density at radius 2 is 2.11 bits per heavy atom. The highest BCUT2D eigenvalue weighted by Gasteiger charge is 2.20. The number of nitrogens with two attached hydrogens (primary N) is 1. The SMILES string of the molecule is CC1NC(=O)NN=C1c1ccc(NC(=O)CN)cc1. The molecule has 1 aromatic carbocycles. The summed E-state index contributed by atoms with van der Waals surface area (Å²) in [5.74, 6) is -0.245. The van der Waals surface area contributed by atoms with Gasteiger partial charge < -0.3 is 16.4 Å². The number of hydrazone groups is 1. The first-order chi connectivity index (χ1) is 9.10. The second kappa shape index (κ2) is 5.49. The van der Waals surface area contributed by atoms with Gasteiger partial charge in [0, 0.05) is 11.3 Å². The molecule has 7 nitrogen and oxygen atoms in total. The van der Waals surface area contributed by atoms with E-state index in [1.54, 1.807) is 12.1 Å². The first-order valence-corrected chi connectivity index (χ1v) is 5.84. The van der Waals surface area contributed by atoms with Crippen molar-refractivity contribution in [2.24, 2.45) is 10.8 Å². The fraction of sp³-hybridized carbons (Fsp3) is 0.250. The van der Waals surface area contributed by atoms with Gasteiger partial charge in [0.05, 0.1) is 18.3 Å². The second-order valence-corrected chi connectivity index (χ2v) is 4.13. The van der Waals surface area contributed by atoms with E-state index < -0.39 is 0 Å². The number of anilines is 1. The molecule has 3 amide bonds. The molecule has 1 aliphatic heterocycles. The van der Waals surface area contributed by atoms with E-state index in [1.807, 2.05) is 19.1 Å². The summed E-state index contributed by atoms with van der Waals surface area (Å²) in [6.45, 7) is 1.79. The number of carbonyl (C=O) groups is 2. The van der Waals surface area contributed by atoms with E-state index in [2.05, 4.69) is 21.2 Å². The highest BCUT2D eigenvalue weighted by atomic mass is 16.2. The number of benzene rings is 1. The Hall–Kier alpha value is -2.41. The quantitative estimate of drug-likeness (QED) is 0.614. The van der Waals surface area contributed by atoms with Gasteiger partial charge in [-0.05, 0) is 19.1 Å². The molecule has 0 aromatic heterocycles. The number of amides is 3. The standard InChI is InChI=1S/C12H15N5O2/c1-7-11(16-17-12(19)14-7)8-2-4-9(5-3-8)15-10(18)6-13/h2-5,7H,6,13H2,1H3,(H,15,18)(H2,14,17,19). The third kappa shape index (κ3) is 3.08. The first kappa shape index (κ1) is 13.0. The average molecular weight is 261 g/mol. The molecular weight excluding hydrogens is 246 g/mol. The molecule has 0 radical (unpaired) electrons. The Morgan fingerprint density at radius 3 is 2.68 bits per heavy atom. The van der Waals surface area contributed by atoms with Crippen LogP contribution in [0.3, 0.4) is 0 Å². The maximum Gasteiger partial charge on any atom is 0.335 e. The van der Waals surface area contributed by atoms with Crippen molar-refractivity contribution in [1.29, 1.82) is 0 Å². The molecule has 2 rings (SSSR count). The lowest BCUT2D eigenvalue weighted by Crippen LogP contribution is -2.48. The summed E-state index contributed by atoms with van der Waals surface area (Å²) in [6.07, 6.45) is 0. The summed E-state index contributed by atoms with van der Waals surface area (Å²) < 4.78 is 0. The molecule has 1 heterocycles. The molecule has 1 atom stereocenters. The van der Waals surface area contributed by atoms with Gasteiger partial charge in [-0.25, -0.2) is 10.2 Å². The Balaban J connectivity index is 2.14. The van der Waals surface area contributed by atoms with Crippen LogP contribution in [0.1, 0.15) is 12.5 Å². The lowest BCUT2D eigenvalue weighted by atomic mass is 10.0. The van der Waals surface area contributed by atoms with E-state index >= 15 is 0 Å². The van der Waals surface area contributed by atoms with Gasteiger partial charge in [-0.2, -0.15) is 5.10 Å². The number of nitrogens with one attached hydrogen (secondary N) is 3. The Bertz CT molecular complexity index is 523. The molecule has 100 valence electrons. The summed E-state index contributed by atoms with van der Waals surface area (Å²) in [5, 5.41) is 9.38. The van der Waals surface area contributed by atoms with E-state index in [9.17, 15) is 9.59 Å². The third-order valence-electron chi connectivity index (χ3n) is 2.69. The van der Waals surface area contributed by atoms with Crippen molar-refractivity contribution in [3.05, 3.63) is 29.8 Å². The molecule has 1 unspecified atom stereocenters. The number of hydrogen-bond donors (Lipinski definition) is 4. The van der Waals surface area contributed by atoms with E-state index in [4.69, 9.17) is 5.73 Å². The van der Waals surface area contributed by atoms with Crippen molar-refractivity contribution in [3.63, 3.8) is 0 Å². The minimum atomic E-state index is -0.317. The summed E-state index contributed by atoms with van der Waals surface area (Å²) in [7, 11) is 0. The maximum atomic E-state index is 11.1. The molecule has 0 bridgehead atoms. The van der Waals surface area contributed by atoms with Gasteiger partial charge in [0.25, 0.3) is 0 Å². The second-order valence-electron chi connectivity index (χ2n) is 4.13. The topological polar surface area (TPSA) is 109 Å². The molecule has 5 N–H and O–H groups in total. The predicted molar refractivity (Wildman–Crippen MR) is 71.8 cm³/mol. The molecule has 0 saturated carbocycles. The largest absolute Gasteiger partial charge is 0.335 e. The highest BCUT2D eigenvalue weighted by molar-refractivity contribution is 6.07. The van der Waals surface area contributed by atoms with Gasteiger partial charge in [0.2, 0.25) is 5.91 Å². The fourth-order valence-corrected chi connectivity index (χ4v) is 1.76. The van der Waals surface area contributed by atoms with Crippen LogP contribution in [0, 0.1) is 0 Å². The van der Waals surface area contributed by atoms with Crippen molar-refractivity contribution in [2.75, 3.05) is 11.9 Å². The van der Waals surface area contributed by atoms with Crippen molar-refractivity contribution < 1.29 is 9.59 Å². The summed E-state index contributed by atoms with van der Waals surface area (Å²) >= 11 is 0. The average Bonchev–Trinajstić information content (AvgIpc) is 2.40. The van der Waals surface area contributed by atoms with E-state index in [0.717, 1.165) is 11.3 Å². The monoisotopic (exact) mass is 261 g/mol. The van der Waals surface area contributed by atoms with Gasteiger partial charge in [0.1, 0.15) is 0 Å². The molecule has 0 aliphatic carbocycles. The molecule has 1 aliphatic rings. The molecule has 7 heteroatoms. The fourth-order valence-electron chi connectivity index (χ4n) is 1.76. The highest BCUT2D eigenvalue weighted by Crippen LogP contribution is 2.12. The van der Waals surface area contributed by atoms with Crippen molar-refractivity contribution >= 4 is 23.3 Å². The number of nitrogens with zero attached hydrogens (tertiary/aromatic N) is 1. The van der Waals surface area contributed by atoms with Gasteiger partial charge in [-0.1, -0.05) is 12.1 Å². The van der Waals surface area contributed by atoms with Crippen LogP contribution in [-0.4, -0.2) is 30.2 Å². The van der Waals surface area contributed by atoms with E-state index in [0.29, 0.717) is 5.69 Å². The Kier molecular flexibility index (Phi) is 3.76. The van der Waals surface area contributed by atoms with Crippen LogP contribution >= 0.6 is 0 Å². The summed E-state index contributed by atoms with van der Waals surface area (Å²) in [5.41, 5.74) is 9.85. The molecular formula is C12H15N5O2. The van der Waals surface area contributed by atoms with Crippen LogP contribution in [-0.2, 0) is 4.79 Å². The van der Waals surface area contributed by atoms with E-state index in [1.165, 1.54) is 0 Å². The number of hydrogen-bond acceptors (Lipinski definition) is 4. The smallest absolute Gasteiger partial charge is 0.328 e. The zero-order valence-electron chi connectivity index (χ0n) is 10.4. The van der Waals surface area contributed by atoms with Crippen LogP contribution in [0.5, 0.6) is 0 Å². The van der Waals surface area contributed by atoms with Crippen LogP contribution in [0.4, 0.5) is 10.5 Å². The first-order valence-electron chi connectivity index (χ1n) is 5.84. The van der Waals surface area contributed by atoms with Gasteiger partial charge in [0.15, 0.2) is 0 Å². The van der Waals surface area contributed by atoms with Crippen LogP contribution in [0.25, 0.3) is 0 Å². The van der Waals surface area contributed by atoms with Crippen LogP contribution < -0.4 is 21.8 Å². The van der Waals surface area contributed by atoms with Crippen molar-refractivity contribution in [2.45, 2.75) is 13.0 Å². The van der Waals surface area contributed by atoms with Gasteiger partial charge >= 0.3 is 6.03 Å². The Morgan fingerprint density at radius 1 is 1.42 bits per heavy atom. The summed E-state index contributed by atoms with van der Waals surface area (Å²) in [4.78, 5) is 22.2.